The molecule has 0 aromatic heterocycles. The van der Waals surface area contributed by atoms with E-state index in [1.165, 1.54) is 14.2 Å². The highest BCUT2D eigenvalue weighted by atomic mass is 16.5. The minimum atomic E-state index is -0.422. The van der Waals surface area contributed by atoms with Gasteiger partial charge < -0.3 is 14.4 Å². The molecule has 0 N–H and O–H groups in total. The first-order chi connectivity index (χ1) is 9.98. The maximum Gasteiger partial charge on any atom is 0.319 e. The Labute approximate surface area is 126 Å². The standard InChI is InChI=1S/C14H26N2O5/c1-5-16(6-2)12(17)8-7-9-15(10-13(18)20-3)11-14(19)21-4/h5-11H2,1-4H3. The van der Waals surface area contributed by atoms with E-state index in [1.807, 2.05) is 13.8 Å². The Balaban J connectivity index is 4.30. The van der Waals surface area contributed by atoms with Crippen LogP contribution >= 0.6 is 0 Å². The second kappa shape index (κ2) is 11.1. The molecule has 0 saturated heterocycles. The van der Waals surface area contributed by atoms with Crippen molar-refractivity contribution in [1.29, 1.82) is 0 Å². The summed E-state index contributed by atoms with van der Waals surface area (Å²) in [6.45, 7) is 5.70. The lowest BCUT2D eigenvalue weighted by atomic mass is 10.2. The summed E-state index contributed by atoms with van der Waals surface area (Å²) in [5.74, 6) is -0.765. The van der Waals surface area contributed by atoms with Gasteiger partial charge in [-0.15, -0.1) is 0 Å². The number of hydrogen-bond donors (Lipinski definition) is 0. The molecule has 0 fully saturated rings. The van der Waals surface area contributed by atoms with Crippen molar-refractivity contribution in [2.45, 2.75) is 26.7 Å². The summed E-state index contributed by atoms with van der Waals surface area (Å²) in [6.07, 6.45) is 0.962. The molecule has 0 bridgehead atoms. The van der Waals surface area contributed by atoms with E-state index < -0.39 is 11.9 Å². The van der Waals surface area contributed by atoms with Crippen LogP contribution in [0.25, 0.3) is 0 Å². The number of nitrogens with zero attached hydrogens (tertiary/aromatic N) is 2. The number of carbonyl (C=O) groups is 3. The van der Waals surface area contributed by atoms with Gasteiger partial charge in [-0.25, -0.2) is 0 Å². The minimum absolute atomic E-state index is 0.00502. The van der Waals surface area contributed by atoms with Gasteiger partial charge in [-0.1, -0.05) is 0 Å². The number of ether oxygens (including phenoxy) is 2. The van der Waals surface area contributed by atoms with Crippen LogP contribution in [0.2, 0.25) is 0 Å². The van der Waals surface area contributed by atoms with E-state index in [4.69, 9.17) is 0 Å². The van der Waals surface area contributed by atoms with Gasteiger partial charge in [0.25, 0.3) is 0 Å². The molecule has 0 atom stereocenters. The van der Waals surface area contributed by atoms with Crippen molar-refractivity contribution >= 4 is 17.8 Å². The van der Waals surface area contributed by atoms with Crippen molar-refractivity contribution in [2.75, 3.05) is 46.9 Å². The van der Waals surface area contributed by atoms with Gasteiger partial charge in [0.2, 0.25) is 5.91 Å². The van der Waals surface area contributed by atoms with Crippen LogP contribution < -0.4 is 0 Å². The van der Waals surface area contributed by atoms with Crippen molar-refractivity contribution < 1.29 is 23.9 Å². The van der Waals surface area contributed by atoms with Gasteiger partial charge in [0.1, 0.15) is 0 Å². The Hall–Kier alpha value is -1.63. The van der Waals surface area contributed by atoms with Crippen LogP contribution in [0.15, 0.2) is 0 Å². The molecule has 7 heteroatoms. The Morgan fingerprint density at radius 3 is 1.76 bits per heavy atom. The highest BCUT2D eigenvalue weighted by Gasteiger charge is 2.16. The number of rotatable bonds is 10. The first kappa shape index (κ1) is 19.4. The lowest BCUT2D eigenvalue weighted by molar-refractivity contribution is -0.145. The molecule has 0 aliphatic carbocycles. The van der Waals surface area contributed by atoms with Crippen molar-refractivity contribution in [1.82, 2.24) is 9.80 Å². The average molecular weight is 302 g/mol. The second-order valence-electron chi connectivity index (χ2n) is 4.53. The first-order valence-corrected chi connectivity index (χ1v) is 7.12. The molecular weight excluding hydrogens is 276 g/mol. The van der Waals surface area contributed by atoms with Gasteiger partial charge in [0.15, 0.2) is 0 Å². The molecule has 0 radical (unpaired) electrons. The summed E-state index contributed by atoms with van der Waals surface area (Å²) in [5, 5.41) is 0. The summed E-state index contributed by atoms with van der Waals surface area (Å²) < 4.78 is 9.18. The van der Waals surface area contributed by atoms with Crippen LogP contribution in [0.1, 0.15) is 26.7 Å². The maximum atomic E-state index is 11.9. The first-order valence-electron chi connectivity index (χ1n) is 7.12. The normalized spacial score (nSPS) is 10.3. The maximum absolute atomic E-state index is 11.9. The Bertz CT molecular complexity index is 324. The SMILES string of the molecule is CCN(CC)C(=O)CCCN(CC(=O)OC)CC(=O)OC. The lowest BCUT2D eigenvalue weighted by Crippen LogP contribution is -2.37. The van der Waals surface area contributed by atoms with Crippen molar-refractivity contribution in [2.24, 2.45) is 0 Å². The molecule has 0 spiro atoms. The third-order valence-corrected chi connectivity index (χ3v) is 3.14. The van der Waals surface area contributed by atoms with Crippen LogP contribution in [0.4, 0.5) is 0 Å². The van der Waals surface area contributed by atoms with Crippen LogP contribution in [-0.4, -0.2) is 74.6 Å². The molecule has 0 rings (SSSR count). The molecular formula is C14H26N2O5. The quantitative estimate of drug-likeness (QED) is 0.540. The van der Waals surface area contributed by atoms with E-state index in [2.05, 4.69) is 9.47 Å². The Kier molecular flexibility index (Phi) is 10.2. The number of amides is 1. The van der Waals surface area contributed by atoms with E-state index in [-0.39, 0.29) is 19.0 Å². The van der Waals surface area contributed by atoms with Crippen molar-refractivity contribution in [3.05, 3.63) is 0 Å². The van der Waals surface area contributed by atoms with Crippen LogP contribution in [-0.2, 0) is 23.9 Å². The molecule has 122 valence electrons. The summed E-state index contributed by atoms with van der Waals surface area (Å²) in [5.41, 5.74) is 0. The minimum Gasteiger partial charge on any atom is -0.468 e. The van der Waals surface area contributed by atoms with Gasteiger partial charge in [-0.05, 0) is 26.8 Å². The van der Waals surface area contributed by atoms with Crippen LogP contribution in [0, 0.1) is 0 Å². The van der Waals surface area contributed by atoms with Gasteiger partial charge in [-0.3, -0.25) is 19.3 Å². The van der Waals surface area contributed by atoms with Crippen LogP contribution in [0.5, 0.6) is 0 Å². The molecule has 0 aromatic carbocycles. The molecule has 0 unspecified atom stereocenters. The zero-order valence-corrected chi connectivity index (χ0v) is 13.4. The predicted octanol–water partition coefficient (Wildman–Crippen LogP) is 0.283. The Morgan fingerprint density at radius 2 is 1.38 bits per heavy atom. The molecule has 0 aliphatic heterocycles. The Morgan fingerprint density at radius 1 is 0.905 bits per heavy atom. The average Bonchev–Trinajstić information content (AvgIpc) is 2.47. The van der Waals surface area contributed by atoms with E-state index in [1.54, 1.807) is 9.80 Å². The van der Waals surface area contributed by atoms with Gasteiger partial charge in [0, 0.05) is 19.5 Å². The third kappa shape index (κ3) is 8.29. The zero-order valence-electron chi connectivity index (χ0n) is 13.4. The predicted molar refractivity (Wildman–Crippen MR) is 77.6 cm³/mol. The fourth-order valence-corrected chi connectivity index (χ4v) is 1.90. The molecule has 0 aromatic rings. The van der Waals surface area contributed by atoms with Gasteiger partial charge in [-0.2, -0.15) is 0 Å². The fourth-order valence-electron chi connectivity index (χ4n) is 1.90. The number of hydrogen-bond acceptors (Lipinski definition) is 6. The molecule has 0 saturated carbocycles. The number of methoxy groups -OCH3 is 2. The highest BCUT2D eigenvalue weighted by molar-refractivity contribution is 5.76. The molecule has 0 heterocycles. The monoisotopic (exact) mass is 302 g/mol. The van der Waals surface area contributed by atoms with Crippen molar-refractivity contribution in [3.8, 4) is 0 Å². The number of carbonyl (C=O) groups excluding carboxylic acids is 3. The van der Waals surface area contributed by atoms with Gasteiger partial charge in [0.05, 0.1) is 27.3 Å². The molecule has 0 aliphatic rings. The van der Waals surface area contributed by atoms with E-state index in [0.717, 1.165) is 0 Å². The topological polar surface area (TPSA) is 76.2 Å². The fraction of sp³-hybridized carbons (Fsp3) is 0.786. The highest BCUT2D eigenvalue weighted by Crippen LogP contribution is 2.01. The summed E-state index contributed by atoms with van der Waals surface area (Å²) in [6, 6.07) is 0. The largest absolute Gasteiger partial charge is 0.468 e. The number of esters is 2. The summed E-state index contributed by atoms with van der Waals surface area (Å²) in [7, 11) is 2.59. The lowest BCUT2D eigenvalue weighted by Gasteiger charge is -2.21. The molecule has 21 heavy (non-hydrogen) atoms. The van der Waals surface area contributed by atoms with Gasteiger partial charge >= 0.3 is 11.9 Å². The third-order valence-electron chi connectivity index (χ3n) is 3.14. The van der Waals surface area contributed by atoms with E-state index in [9.17, 15) is 14.4 Å². The zero-order chi connectivity index (χ0) is 16.3. The second-order valence-corrected chi connectivity index (χ2v) is 4.53. The van der Waals surface area contributed by atoms with E-state index >= 15 is 0 Å². The van der Waals surface area contributed by atoms with E-state index in [0.29, 0.717) is 32.5 Å². The van der Waals surface area contributed by atoms with Crippen LogP contribution in [0.3, 0.4) is 0 Å². The summed E-state index contributed by atoms with van der Waals surface area (Å²) in [4.78, 5) is 37.8. The van der Waals surface area contributed by atoms with Crippen molar-refractivity contribution in [3.63, 3.8) is 0 Å². The molecule has 7 nitrogen and oxygen atoms in total. The smallest absolute Gasteiger partial charge is 0.319 e. The molecule has 1 amide bonds. The summed E-state index contributed by atoms with van der Waals surface area (Å²) >= 11 is 0.